The first-order chi connectivity index (χ1) is 30.2. The van der Waals surface area contributed by atoms with E-state index in [-0.39, 0.29) is 0 Å². The summed E-state index contributed by atoms with van der Waals surface area (Å²) in [5.74, 6) is 0. The van der Waals surface area contributed by atoms with Crippen molar-refractivity contribution in [2.75, 3.05) is 0 Å². The van der Waals surface area contributed by atoms with Gasteiger partial charge in [-0.15, -0.1) is 0 Å². The number of nitrogens with zero attached hydrogens (tertiary/aromatic N) is 9. The minimum absolute atomic E-state index is 0.531. The van der Waals surface area contributed by atoms with Crippen LogP contribution < -0.4 is 0 Å². The highest BCUT2D eigenvalue weighted by molar-refractivity contribution is 6.14. The second-order valence-electron chi connectivity index (χ2n) is 15.4. The van der Waals surface area contributed by atoms with Gasteiger partial charge in [0.25, 0.3) is 0 Å². The molecule has 0 N–H and O–H groups in total. The van der Waals surface area contributed by atoms with E-state index >= 15 is 0 Å². The minimum atomic E-state index is 0.531. The van der Waals surface area contributed by atoms with Crippen LogP contribution in [-0.2, 0) is 0 Å². The van der Waals surface area contributed by atoms with E-state index in [0.29, 0.717) is 5.56 Å². The fraction of sp³-hybridized carbons (Fsp3) is 0.0192. The number of nitriles is 1. The van der Waals surface area contributed by atoms with Crippen molar-refractivity contribution in [1.29, 1.82) is 5.26 Å². The Bertz CT molecular complexity index is 3830. The molecule has 284 valence electrons. The molecule has 0 unspecified atom stereocenters. The van der Waals surface area contributed by atoms with Gasteiger partial charge in [-0.25, -0.2) is 0 Å². The molecule has 0 aliphatic rings. The molecule has 5 aromatic carbocycles. The van der Waals surface area contributed by atoms with E-state index in [9.17, 15) is 5.26 Å². The Morgan fingerprint density at radius 2 is 0.623 bits per heavy atom. The number of hydrogen-bond donors (Lipinski definition) is 0. The van der Waals surface area contributed by atoms with Crippen molar-refractivity contribution in [3.8, 4) is 28.8 Å². The number of rotatable bonds is 4. The van der Waals surface area contributed by atoms with Gasteiger partial charge in [-0.2, -0.15) is 5.26 Å². The van der Waals surface area contributed by atoms with E-state index in [2.05, 4.69) is 147 Å². The maximum Gasteiger partial charge on any atom is 0.102 e. The molecule has 8 heterocycles. The lowest BCUT2D eigenvalue weighted by Crippen LogP contribution is -2.17. The molecule has 0 fully saturated rings. The summed E-state index contributed by atoms with van der Waals surface area (Å²) in [7, 11) is 0. The highest BCUT2D eigenvalue weighted by Gasteiger charge is 2.33. The molecule has 9 heteroatoms. The predicted octanol–water partition coefficient (Wildman–Crippen LogP) is 11.8. The Kier molecular flexibility index (Phi) is 6.81. The first-order valence-corrected chi connectivity index (χ1v) is 20.2. The summed E-state index contributed by atoms with van der Waals surface area (Å²) in [6.45, 7) is 2.09. The van der Waals surface area contributed by atoms with Gasteiger partial charge in [-0.05, 0) is 85.3 Å². The van der Waals surface area contributed by atoms with Crippen LogP contribution in [-0.4, -0.2) is 38.2 Å². The highest BCUT2D eigenvalue weighted by Crippen LogP contribution is 2.48. The first-order valence-electron chi connectivity index (χ1n) is 20.2. The van der Waals surface area contributed by atoms with Gasteiger partial charge in [0.05, 0.1) is 94.5 Å². The molecular weight excluding hydrogens is 751 g/mol. The van der Waals surface area contributed by atoms with Gasteiger partial charge in [0.1, 0.15) is 6.07 Å². The zero-order chi connectivity index (χ0) is 40.3. The van der Waals surface area contributed by atoms with Gasteiger partial charge in [0, 0.05) is 46.3 Å². The summed E-state index contributed by atoms with van der Waals surface area (Å²) in [6, 6.07) is 52.9. The van der Waals surface area contributed by atoms with Crippen LogP contribution in [0, 0.1) is 18.3 Å². The third kappa shape index (κ3) is 4.37. The summed E-state index contributed by atoms with van der Waals surface area (Å²) in [4.78, 5) is 20.0. The van der Waals surface area contributed by atoms with Crippen LogP contribution in [0.25, 0.3) is 110 Å². The molecule has 8 aromatic heterocycles. The van der Waals surface area contributed by atoms with Crippen LogP contribution >= 0.6 is 0 Å². The van der Waals surface area contributed by atoms with Crippen LogP contribution in [0.3, 0.4) is 0 Å². The lowest BCUT2D eigenvalue weighted by atomic mass is 9.98. The summed E-state index contributed by atoms with van der Waals surface area (Å²) in [5, 5.41) is 15.9. The molecule has 13 rings (SSSR count). The van der Waals surface area contributed by atoms with Gasteiger partial charge >= 0.3 is 0 Å². The lowest BCUT2D eigenvalue weighted by molar-refractivity contribution is 1.00. The molecule has 0 aliphatic heterocycles. The topological polar surface area (TPSA) is 95.1 Å². The van der Waals surface area contributed by atoms with Crippen LogP contribution in [0.5, 0.6) is 0 Å². The van der Waals surface area contributed by atoms with Crippen molar-refractivity contribution in [2.45, 2.75) is 6.92 Å². The van der Waals surface area contributed by atoms with Crippen LogP contribution in [0.1, 0.15) is 11.1 Å². The normalized spacial score (nSPS) is 12.0. The van der Waals surface area contributed by atoms with Gasteiger partial charge in [-0.1, -0.05) is 72.8 Å². The number of para-hydroxylation sites is 4. The third-order valence-corrected chi connectivity index (χ3v) is 12.4. The maximum absolute atomic E-state index is 11.9. The first kappa shape index (κ1) is 33.4. The monoisotopic (exact) mass is 781 g/mol. The molecule has 61 heavy (non-hydrogen) atoms. The Morgan fingerprint density at radius 3 is 0.967 bits per heavy atom. The second-order valence-corrected chi connectivity index (χ2v) is 15.4. The van der Waals surface area contributed by atoms with E-state index < -0.39 is 0 Å². The average Bonchev–Trinajstić information content (AvgIpc) is 4.04. The van der Waals surface area contributed by atoms with Gasteiger partial charge in [0.15, 0.2) is 0 Å². The molecule has 0 aliphatic carbocycles. The van der Waals surface area contributed by atoms with Crippen LogP contribution in [0.4, 0.5) is 0 Å². The number of hydrogen-bond acceptors (Lipinski definition) is 5. The van der Waals surface area contributed by atoms with Crippen LogP contribution in [0.2, 0.25) is 0 Å². The summed E-state index contributed by atoms with van der Waals surface area (Å²) >= 11 is 0. The second kappa shape index (κ2) is 12.4. The molecule has 9 nitrogen and oxygen atoms in total. The van der Waals surface area contributed by atoms with Crippen LogP contribution in [0.15, 0.2) is 170 Å². The number of benzene rings is 5. The van der Waals surface area contributed by atoms with Gasteiger partial charge in [-0.3, -0.25) is 19.9 Å². The van der Waals surface area contributed by atoms with E-state index in [1.165, 1.54) is 0 Å². The van der Waals surface area contributed by atoms with E-state index in [1.807, 2.05) is 55.1 Å². The zero-order valence-electron chi connectivity index (χ0n) is 32.7. The number of fused-ring (bicyclic) bond motifs is 12. The Balaban J connectivity index is 1.40. The Morgan fingerprint density at radius 1 is 0.344 bits per heavy atom. The smallest absolute Gasteiger partial charge is 0.102 e. The van der Waals surface area contributed by atoms with E-state index in [4.69, 9.17) is 19.9 Å². The Labute approximate surface area is 347 Å². The molecule has 0 radical (unpaired) electrons. The van der Waals surface area contributed by atoms with Crippen molar-refractivity contribution >= 4 is 87.7 Å². The predicted molar refractivity (Wildman–Crippen MR) is 244 cm³/mol. The standard InChI is InChI=1S/C52H31N9/c1-31-36(30-53)50(59-38-19-7-3-15-33(38)46-42(59)23-11-27-55-46)52(61-40-21-9-5-17-35(40)48-44(61)25-13-29-57-48)51(60-39-20-8-4-16-34(39)47-43(60)24-12-28-56-47)49(31)58-37-18-6-2-14-32(37)45-41(58)22-10-26-54-45/h2-29H,1H3. The lowest BCUT2D eigenvalue weighted by Gasteiger charge is -2.28. The van der Waals surface area contributed by atoms with Gasteiger partial charge in [0.2, 0.25) is 0 Å². The van der Waals surface area contributed by atoms with Crippen molar-refractivity contribution in [1.82, 2.24) is 38.2 Å². The Hall–Kier alpha value is -8.61. The average molecular weight is 782 g/mol. The summed E-state index contributed by atoms with van der Waals surface area (Å²) in [5.41, 5.74) is 15.6. The molecular formula is C52H31N9. The molecule has 0 spiro atoms. The molecule has 0 atom stereocenters. The molecule has 0 amide bonds. The molecule has 0 bridgehead atoms. The number of aromatic nitrogens is 8. The van der Waals surface area contributed by atoms with Gasteiger partial charge < -0.3 is 18.3 Å². The van der Waals surface area contributed by atoms with E-state index in [1.54, 1.807) is 0 Å². The highest BCUT2D eigenvalue weighted by atomic mass is 15.2. The zero-order valence-corrected chi connectivity index (χ0v) is 32.7. The number of pyridine rings is 4. The maximum atomic E-state index is 11.9. The molecule has 0 saturated carbocycles. The fourth-order valence-corrected chi connectivity index (χ4v) is 9.97. The molecule has 0 saturated heterocycles. The fourth-order valence-electron chi connectivity index (χ4n) is 9.97. The largest absolute Gasteiger partial charge is 0.305 e. The summed E-state index contributed by atoms with van der Waals surface area (Å²) < 4.78 is 9.25. The van der Waals surface area contributed by atoms with Crippen molar-refractivity contribution in [3.05, 3.63) is 182 Å². The minimum Gasteiger partial charge on any atom is -0.305 e. The SMILES string of the molecule is Cc1c(C#N)c(-n2c3ccccc3c3ncccc32)c(-n2c3ccccc3c3ncccc32)c(-n2c3ccccc3c3ncccc32)c1-n1c2ccccc2c2ncccc21. The van der Waals surface area contributed by atoms with Crippen molar-refractivity contribution < 1.29 is 0 Å². The van der Waals surface area contributed by atoms with Crippen molar-refractivity contribution in [3.63, 3.8) is 0 Å². The summed E-state index contributed by atoms with van der Waals surface area (Å²) in [6.07, 6.45) is 7.40. The third-order valence-electron chi connectivity index (χ3n) is 12.4. The quantitative estimate of drug-likeness (QED) is 0.177. The van der Waals surface area contributed by atoms with E-state index in [0.717, 1.165) is 116 Å². The van der Waals surface area contributed by atoms with Crippen molar-refractivity contribution in [2.24, 2.45) is 0 Å². The molecule has 13 aromatic rings.